The highest BCUT2D eigenvalue weighted by Crippen LogP contribution is 2.35. The Hall–Kier alpha value is -2.18. The minimum Gasteiger partial charge on any atom is -0.388 e. The van der Waals surface area contributed by atoms with Gasteiger partial charge in [0.1, 0.15) is 29.1 Å². The van der Waals surface area contributed by atoms with Gasteiger partial charge in [-0.15, -0.1) is 0 Å². The number of nitrogens with zero attached hydrogens (tertiary/aromatic N) is 2. The quantitative estimate of drug-likeness (QED) is 0.607. The Morgan fingerprint density at radius 2 is 1.74 bits per heavy atom. The van der Waals surface area contributed by atoms with Crippen molar-refractivity contribution < 1.29 is 13.9 Å². The van der Waals surface area contributed by atoms with Gasteiger partial charge < -0.3 is 9.67 Å². The minimum atomic E-state index is -0.610. The van der Waals surface area contributed by atoms with Crippen molar-refractivity contribution in [1.29, 1.82) is 0 Å². The topological polar surface area (TPSA) is 38.1 Å². The Morgan fingerprint density at radius 1 is 1.07 bits per heavy atom. The predicted molar refractivity (Wildman–Crippen MR) is 103 cm³/mol. The van der Waals surface area contributed by atoms with Crippen LogP contribution in [0.3, 0.4) is 0 Å². The number of rotatable bonds is 7. The molecule has 0 saturated carbocycles. The van der Waals surface area contributed by atoms with Crippen molar-refractivity contribution >= 4 is 11.8 Å². The largest absolute Gasteiger partial charge is 0.388 e. The van der Waals surface area contributed by atoms with E-state index in [0.717, 1.165) is 23.2 Å². The summed E-state index contributed by atoms with van der Waals surface area (Å²) in [6, 6.07) is 13.5. The third-order valence-electron chi connectivity index (χ3n) is 4.23. The molecule has 6 heteroatoms. The molecular formula is C21H22F2N2OS. The summed E-state index contributed by atoms with van der Waals surface area (Å²) in [5, 5.41) is 10.6. The molecule has 0 unspecified atom stereocenters. The van der Waals surface area contributed by atoms with Crippen LogP contribution in [0.15, 0.2) is 58.5 Å². The number of hydrogen-bond donors (Lipinski definition) is 1. The number of halogens is 2. The van der Waals surface area contributed by atoms with E-state index in [1.807, 2.05) is 48.7 Å². The molecule has 0 aliphatic carbocycles. The number of imidazole rings is 1. The SMILES string of the molecule is CC(C)c1nc(CO)n(CCc2ccccc2)c1Sc1cc(F)cc(F)c1. The Bertz CT molecular complexity index is 890. The van der Waals surface area contributed by atoms with Gasteiger partial charge in [0.15, 0.2) is 0 Å². The molecule has 0 aliphatic heterocycles. The van der Waals surface area contributed by atoms with Gasteiger partial charge in [-0.05, 0) is 30.0 Å². The molecule has 1 N–H and O–H groups in total. The first-order valence-electron chi connectivity index (χ1n) is 8.86. The number of aryl methyl sites for hydroxylation is 1. The molecule has 0 spiro atoms. The Morgan fingerprint density at radius 3 is 2.33 bits per heavy atom. The molecule has 0 amide bonds. The van der Waals surface area contributed by atoms with Crippen LogP contribution in [-0.2, 0) is 19.6 Å². The lowest BCUT2D eigenvalue weighted by Crippen LogP contribution is -2.08. The van der Waals surface area contributed by atoms with E-state index in [1.54, 1.807) is 0 Å². The fraction of sp³-hybridized carbons (Fsp3) is 0.286. The second kappa shape index (κ2) is 8.67. The van der Waals surface area contributed by atoms with Crippen LogP contribution < -0.4 is 0 Å². The number of aliphatic hydroxyl groups excluding tert-OH is 1. The van der Waals surface area contributed by atoms with Crippen LogP contribution in [0.4, 0.5) is 8.78 Å². The lowest BCUT2D eigenvalue weighted by Gasteiger charge is -2.13. The monoisotopic (exact) mass is 388 g/mol. The van der Waals surface area contributed by atoms with E-state index in [0.29, 0.717) is 17.3 Å². The lowest BCUT2D eigenvalue weighted by atomic mass is 10.1. The highest BCUT2D eigenvalue weighted by molar-refractivity contribution is 7.99. The van der Waals surface area contributed by atoms with Crippen molar-refractivity contribution in [1.82, 2.24) is 9.55 Å². The number of benzene rings is 2. The summed E-state index contributed by atoms with van der Waals surface area (Å²) >= 11 is 1.28. The van der Waals surface area contributed by atoms with Crippen LogP contribution in [0, 0.1) is 11.6 Å². The molecule has 27 heavy (non-hydrogen) atoms. The van der Waals surface area contributed by atoms with Gasteiger partial charge >= 0.3 is 0 Å². The molecule has 1 aromatic heterocycles. The molecule has 0 fully saturated rings. The highest BCUT2D eigenvalue weighted by atomic mass is 32.2. The van der Waals surface area contributed by atoms with E-state index in [1.165, 1.54) is 29.5 Å². The normalized spacial score (nSPS) is 11.3. The summed E-state index contributed by atoms with van der Waals surface area (Å²) in [4.78, 5) is 5.06. The van der Waals surface area contributed by atoms with Gasteiger partial charge in [-0.3, -0.25) is 0 Å². The minimum absolute atomic E-state index is 0.120. The van der Waals surface area contributed by atoms with Crippen molar-refractivity contribution in [3.63, 3.8) is 0 Å². The Kier molecular flexibility index (Phi) is 6.29. The van der Waals surface area contributed by atoms with Crippen LogP contribution in [0.2, 0.25) is 0 Å². The summed E-state index contributed by atoms with van der Waals surface area (Å²) < 4.78 is 29.2. The van der Waals surface area contributed by atoms with E-state index >= 15 is 0 Å². The Labute approximate surface area is 162 Å². The van der Waals surface area contributed by atoms with Gasteiger partial charge in [-0.1, -0.05) is 55.9 Å². The highest BCUT2D eigenvalue weighted by Gasteiger charge is 2.20. The third kappa shape index (κ3) is 4.76. The van der Waals surface area contributed by atoms with E-state index in [-0.39, 0.29) is 12.5 Å². The third-order valence-corrected chi connectivity index (χ3v) is 5.33. The van der Waals surface area contributed by atoms with E-state index in [9.17, 15) is 13.9 Å². The van der Waals surface area contributed by atoms with Gasteiger partial charge in [-0.25, -0.2) is 13.8 Å². The zero-order valence-corrected chi connectivity index (χ0v) is 16.1. The maximum absolute atomic E-state index is 13.6. The summed E-state index contributed by atoms with van der Waals surface area (Å²) in [5.74, 6) is -0.536. The van der Waals surface area contributed by atoms with Crippen molar-refractivity contribution in [2.75, 3.05) is 0 Å². The molecule has 142 valence electrons. The number of hydrogen-bond acceptors (Lipinski definition) is 3. The standard InChI is InChI=1S/C21H22F2N2OS/c1-14(2)20-21(27-18-11-16(22)10-17(23)12-18)25(19(13-26)24-20)9-8-15-6-4-3-5-7-15/h3-7,10-12,14,26H,8-9,13H2,1-2H3. The maximum atomic E-state index is 13.6. The first-order chi connectivity index (χ1) is 13.0. The molecule has 0 bridgehead atoms. The first-order valence-corrected chi connectivity index (χ1v) is 9.67. The van der Waals surface area contributed by atoms with Crippen molar-refractivity contribution in [3.8, 4) is 0 Å². The van der Waals surface area contributed by atoms with Crippen molar-refractivity contribution in [2.45, 2.75) is 49.3 Å². The maximum Gasteiger partial charge on any atom is 0.135 e. The second-order valence-electron chi connectivity index (χ2n) is 6.63. The van der Waals surface area contributed by atoms with Gasteiger partial charge in [0.2, 0.25) is 0 Å². The molecular weight excluding hydrogens is 366 g/mol. The van der Waals surface area contributed by atoms with Crippen LogP contribution in [-0.4, -0.2) is 14.7 Å². The summed E-state index contributed by atoms with van der Waals surface area (Å²) in [6.45, 7) is 4.47. The number of aromatic nitrogens is 2. The van der Waals surface area contributed by atoms with Gasteiger partial charge in [0.25, 0.3) is 0 Å². The molecule has 3 rings (SSSR count). The van der Waals surface area contributed by atoms with Gasteiger partial charge in [0.05, 0.1) is 5.69 Å². The molecule has 3 aromatic rings. The van der Waals surface area contributed by atoms with E-state index in [2.05, 4.69) is 4.98 Å². The average molecular weight is 388 g/mol. The van der Waals surface area contributed by atoms with Crippen LogP contribution in [0.25, 0.3) is 0 Å². The summed E-state index contributed by atoms with van der Waals surface area (Å²) in [6.07, 6.45) is 0.771. The second-order valence-corrected chi connectivity index (χ2v) is 7.69. The van der Waals surface area contributed by atoms with Gasteiger partial charge in [0, 0.05) is 17.5 Å². The first kappa shape index (κ1) is 19.6. The van der Waals surface area contributed by atoms with Crippen molar-refractivity contribution in [3.05, 3.63) is 77.2 Å². The van der Waals surface area contributed by atoms with Crippen LogP contribution in [0.1, 0.15) is 36.8 Å². The zero-order valence-electron chi connectivity index (χ0n) is 15.3. The van der Waals surface area contributed by atoms with E-state index < -0.39 is 11.6 Å². The molecule has 0 atom stereocenters. The molecule has 3 nitrogen and oxygen atoms in total. The smallest absolute Gasteiger partial charge is 0.135 e. The fourth-order valence-corrected chi connectivity index (χ4v) is 4.18. The van der Waals surface area contributed by atoms with Crippen LogP contribution >= 0.6 is 11.8 Å². The van der Waals surface area contributed by atoms with E-state index in [4.69, 9.17) is 0 Å². The Balaban J connectivity index is 1.97. The van der Waals surface area contributed by atoms with Gasteiger partial charge in [-0.2, -0.15) is 0 Å². The molecule has 0 radical (unpaired) electrons. The molecule has 2 aromatic carbocycles. The number of aliphatic hydroxyl groups is 1. The zero-order chi connectivity index (χ0) is 19.4. The van der Waals surface area contributed by atoms with Crippen LogP contribution in [0.5, 0.6) is 0 Å². The molecule has 0 saturated heterocycles. The molecule has 1 heterocycles. The predicted octanol–water partition coefficient (Wildman–Crippen LogP) is 5.17. The van der Waals surface area contributed by atoms with Crippen molar-refractivity contribution in [2.24, 2.45) is 0 Å². The lowest BCUT2D eigenvalue weighted by molar-refractivity contribution is 0.263. The average Bonchev–Trinajstić information content (AvgIpc) is 2.97. The fourth-order valence-electron chi connectivity index (χ4n) is 2.92. The summed E-state index contributed by atoms with van der Waals surface area (Å²) in [7, 11) is 0. The molecule has 0 aliphatic rings. The summed E-state index contributed by atoms with van der Waals surface area (Å²) in [5.41, 5.74) is 2.00.